The van der Waals surface area contributed by atoms with E-state index in [2.05, 4.69) is 11.5 Å². The van der Waals surface area contributed by atoms with E-state index in [0.29, 0.717) is 5.69 Å². The summed E-state index contributed by atoms with van der Waals surface area (Å²) in [6.07, 6.45) is 3.58. The van der Waals surface area contributed by atoms with E-state index in [0.717, 1.165) is 6.08 Å². The zero-order valence-corrected chi connectivity index (χ0v) is 7.10. The average Bonchev–Trinajstić information content (AvgIpc) is 2.19. The summed E-state index contributed by atoms with van der Waals surface area (Å²) in [4.78, 5) is 9.89. The van der Waals surface area contributed by atoms with Crippen LogP contribution in [0.3, 0.4) is 0 Å². The van der Waals surface area contributed by atoms with Gasteiger partial charge in [-0.05, 0) is 6.07 Å². The molecule has 1 rings (SSSR count). The molecule has 1 N–H and O–H groups in total. The monoisotopic (exact) mass is 188 g/mol. The first-order valence-electron chi connectivity index (χ1n) is 3.71. The van der Waals surface area contributed by atoms with Gasteiger partial charge in [-0.15, -0.1) is 0 Å². The van der Waals surface area contributed by atoms with Gasteiger partial charge in [-0.2, -0.15) is 5.26 Å². The van der Waals surface area contributed by atoms with E-state index in [1.165, 1.54) is 12.1 Å². The fraction of sp³-hybridized carbons (Fsp3) is 0. The van der Waals surface area contributed by atoms with Crippen molar-refractivity contribution < 1.29 is 4.92 Å². The van der Waals surface area contributed by atoms with E-state index in [1.807, 2.05) is 0 Å². The summed E-state index contributed by atoms with van der Waals surface area (Å²) in [6, 6.07) is 7.68. The molecule has 0 saturated carbocycles. The topological polar surface area (TPSA) is 79.0 Å². The summed E-state index contributed by atoms with van der Waals surface area (Å²) >= 11 is 0. The molecule has 1 radical (unpaired) electrons. The number of benzene rings is 1. The Morgan fingerprint density at radius 3 is 3.00 bits per heavy atom. The van der Waals surface area contributed by atoms with Crippen molar-refractivity contribution in [3.63, 3.8) is 0 Å². The highest BCUT2D eigenvalue weighted by Gasteiger charge is 2.03. The van der Waals surface area contributed by atoms with Crippen LogP contribution in [-0.4, -0.2) is 4.92 Å². The summed E-state index contributed by atoms with van der Waals surface area (Å²) in [7, 11) is 0. The van der Waals surface area contributed by atoms with Gasteiger partial charge in [0.25, 0.3) is 5.69 Å². The van der Waals surface area contributed by atoms with Crippen LogP contribution in [0.1, 0.15) is 0 Å². The summed E-state index contributed by atoms with van der Waals surface area (Å²) in [5.74, 6) is 0. The summed E-state index contributed by atoms with van der Waals surface area (Å²) in [6.45, 7) is 0. The average molecular weight is 188 g/mol. The number of nitrogens with zero attached hydrogens (tertiary/aromatic N) is 2. The highest BCUT2D eigenvalue weighted by molar-refractivity contribution is 5.51. The van der Waals surface area contributed by atoms with Crippen molar-refractivity contribution >= 4 is 11.4 Å². The summed E-state index contributed by atoms with van der Waals surface area (Å²) in [5.41, 5.74) is 0.513. The Morgan fingerprint density at radius 1 is 1.57 bits per heavy atom. The van der Waals surface area contributed by atoms with Crippen LogP contribution in [-0.2, 0) is 0 Å². The minimum Gasteiger partial charge on any atom is -0.353 e. The molecule has 0 spiro atoms. The molecular formula is C9H6N3O2. The molecule has 0 aliphatic carbocycles. The molecule has 1 aromatic rings. The minimum atomic E-state index is -0.487. The number of hydrogen-bond donors (Lipinski definition) is 1. The highest BCUT2D eigenvalue weighted by atomic mass is 16.6. The Labute approximate surface area is 80.4 Å². The van der Waals surface area contributed by atoms with Crippen LogP contribution in [0.15, 0.2) is 30.3 Å². The highest BCUT2D eigenvalue weighted by Crippen LogP contribution is 2.16. The maximum atomic E-state index is 10.4. The fourth-order valence-electron chi connectivity index (χ4n) is 0.849. The van der Waals surface area contributed by atoms with Crippen molar-refractivity contribution in [3.05, 3.63) is 46.7 Å². The van der Waals surface area contributed by atoms with Crippen LogP contribution in [0.5, 0.6) is 0 Å². The number of nitriles is 1. The van der Waals surface area contributed by atoms with Gasteiger partial charge >= 0.3 is 0 Å². The van der Waals surface area contributed by atoms with Gasteiger partial charge in [0, 0.05) is 23.9 Å². The van der Waals surface area contributed by atoms with Gasteiger partial charge in [0.1, 0.15) is 0 Å². The van der Waals surface area contributed by atoms with Crippen molar-refractivity contribution in [2.75, 3.05) is 5.32 Å². The van der Waals surface area contributed by atoms with Crippen LogP contribution in [0.2, 0.25) is 0 Å². The number of non-ortho nitro benzene ring substituents is 1. The molecule has 5 nitrogen and oxygen atoms in total. The van der Waals surface area contributed by atoms with Gasteiger partial charge in [0.2, 0.25) is 0 Å². The van der Waals surface area contributed by atoms with Gasteiger partial charge in [0.05, 0.1) is 17.2 Å². The molecule has 0 amide bonds. The second-order valence-corrected chi connectivity index (χ2v) is 2.35. The van der Waals surface area contributed by atoms with Crippen LogP contribution in [0.4, 0.5) is 11.4 Å². The second kappa shape index (κ2) is 4.62. The van der Waals surface area contributed by atoms with E-state index in [9.17, 15) is 10.1 Å². The van der Waals surface area contributed by atoms with Crippen molar-refractivity contribution in [1.82, 2.24) is 0 Å². The Morgan fingerprint density at radius 2 is 2.36 bits per heavy atom. The molecule has 0 aliphatic rings. The lowest BCUT2D eigenvalue weighted by Gasteiger charge is -1.97. The quantitative estimate of drug-likeness (QED) is 0.339. The van der Waals surface area contributed by atoms with E-state index >= 15 is 0 Å². The molecule has 0 bridgehead atoms. The van der Waals surface area contributed by atoms with Crippen LogP contribution < -0.4 is 5.32 Å². The summed E-state index contributed by atoms with van der Waals surface area (Å²) < 4.78 is 0. The van der Waals surface area contributed by atoms with Gasteiger partial charge in [-0.1, -0.05) is 6.07 Å². The number of rotatable bonds is 3. The van der Waals surface area contributed by atoms with Crippen LogP contribution in [0.25, 0.3) is 0 Å². The lowest BCUT2D eigenvalue weighted by atomic mass is 10.3. The zero-order valence-electron chi connectivity index (χ0n) is 7.10. The molecule has 0 saturated heterocycles. The Hall–Kier alpha value is -2.35. The van der Waals surface area contributed by atoms with Crippen molar-refractivity contribution in [2.45, 2.75) is 0 Å². The standard InChI is InChI=1S/C9H6N3O2/c10-5-2-6-11-8-3-1-4-9(7-8)12(13)14/h1-4,7,11H. The van der Waals surface area contributed by atoms with Crippen molar-refractivity contribution in [1.29, 1.82) is 5.26 Å². The van der Waals surface area contributed by atoms with Crippen molar-refractivity contribution in [2.24, 2.45) is 0 Å². The largest absolute Gasteiger partial charge is 0.353 e. The SMILES string of the molecule is N#C/C=[C]/Nc1cccc([N+](=O)[O-])c1. The first-order chi connectivity index (χ1) is 6.74. The van der Waals surface area contributed by atoms with E-state index in [1.54, 1.807) is 18.2 Å². The Bertz CT molecular complexity index is 407. The van der Waals surface area contributed by atoms with Gasteiger partial charge in [0.15, 0.2) is 0 Å². The molecule has 0 fully saturated rings. The number of hydrogen-bond acceptors (Lipinski definition) is 4. The molecular weight excluding hydrogens is 182 g/mol. The Kier molecular flexibility index (Phi) is 3.21. The molecule has 14 heavy (non-hydrogen) atoms. The third-order valence-electron chi connectivity index (χ3n) is 1.41. The number of nitro benzene ring substituents is 1. The number of allylic oxidation sites excluding steroid dienone is 1. The molecule has 69 valence electrons. The lowest BCUT2D eigenvalue weighted by Crippen LogP contribution is -1.91. The fourth-order valence-corrected chi connectivity index (χ4v) is 0.849. The molecule has 0 unspecified atom stereocenters. The zero-order chi connectivity index (χ0) is 10.4. The molecule has 5 heteroatoms. The molecule has 0 aliphatic heterocycles. The van der Waals surface area contributed by atoms with E-state index in [-0.39, 0.29) is 5.69 Å². The maximum Gasteiger partial charge on any atom is 0.271 e. The van der Waals surface area contributed by atoms with Crippen LogP contribution in [0, 0.1) is 27.6 Å². The predicted molar refractivity (Wildman–Crippen MR) is 50.1 cm³/mol. The van der Waals surface area contributed by atoms with E-state index in [4.69, 9.17) is 5.26 Å². The number of anilines is 1. The first-order valence-corrected chi connectivity index (χ1v) is 3.71. The van der Waals surface area contributed by atoms with Gasteiger partial charge in [-0.25, -0.2) is 0 Å². The Balaban J connectivity index is 2.79. The predicted octanol–water partition coefficient (Wildman–Crippen LogP) is 1.85. The molecule has 1 aromatic carbocycles. The number of nitro groups is 1. The van der Waals surface area contributed by atoms with E-state index < -0.39 is 4.92 Å². The smallest absolute Gasteiger partial charge is 0.271 e. The number of nitrogens with one attached hydrogen (secondary N) is 1. The third kappa shape index (κ3) is 2.60. The minimum absolute atomic E-state index is 0.00578. The van der Waals surface area contributed by atoms with Gasteiger partial charge in [-0.3, -0.25) is 10.1 Å². The molecule has 0 atom stereocenters. The first kappa shape index (κ1) is 9.74. The second-order valence-electron chi connectivity index (χ2n) is 2.35. The van der Waals surface area contributed by atoms with Crippen LogP contribution >= 0.6 is 0 Å². The van der Waals surface area contributed by atoms with Gasteiger partial charge < -0.3 is 5.32 Å². The molecule has 0 aromatic heterocycles. The maximum absolute atomic E-state index is 10.4. The lowest BCUT2D eigenvalue weighted by molar-refractivity contribution is -0.384. The summed E-state index contributed by atoms with van der Waals surface area (Å²) in [5, 5.41) is 21.2. The molecule has 0 heterocycles. The van der Waals surface area contributed by atoms with Crippen molar-refractivity contribution in [3.8, 4) is 6.07 Å². The third-order valence-corrected chi connectivity index (χ3v) is 1.41. The normalized spacial score (nSPS) is 9.64.